The summed E-state index contributed by atoms with van der Waals surface area (Å²) in [5, 5.41) is 0. The first-order chi connectivity index (χ1) is 10.4. The first kappa shape index (κ1) is 14.6. The second-order valence-electron chi connectivity index (χ2n) is 6.70. The van der Waals surface area contributed by atoms with E-state index >= 15 is 0 Å². The number of nitrogens with zero attached hydrogens (tertiary/aromatic N) is 1. The van der Waals surface area contributed by atoms with Crippen molar-refractivity contribution in [1.82, 2.24) is 0 Å². The van der Waals surface area contributed by atoms with Gasteiger partial charge in [0, 0.05) is 16.8 Å². The third kappa shape index (κ3) is 2.57. The lowest BCUT2D eigenvalue weighted by Gasteiger charge is -2.19. The highest BCUT2D eigenvalue weighted by Gasteiger charge is 2.20. The van der Waals surface area contributed by atoms with Gasteiger partial charge in [-0.05, 0) is 36.1 Å². The van der Waals surface area contributed by atoms with Crippen LogP contribution in [0.2, 0.25) is 0 Å². The largest absolute Gasteiger partial charge is 0.457 e. The van der Waals surface area contributed by atoms with Gasteiger partial charge in [-0.25, -0.2) is 0 Å². The van der Waals surface area contributed by atoms with E-state index in [2.05, 4.69) is 44.5 Å². The predicted molar refractivity (Wildman–Crippen MR) is 92.9 cm³/mol. The lowest BCUT2D eigenvalue weighted by atomic mass is 9.87. The summed E-state index contributed by atoms with van der Waals surface area (Å²) < 4.78 is 6.09. The van der Waals surface area contributed by atoms with E-state index in [1.807, 2.05) is 37.3 Å². The van der Waals surface area contributed by atoms with Crippen LogP contribution in [0.25, 0.3) is 5.70 Å². The Labute approximate surface area is 132 Å². The Hall–Kier alpha value is -2.35. The van der Waals surface area contributed by atoms with Crippen molar-refractivity contribution in [3.63, 3.8) is 0 Å². The van der Waals surface area contributed by atoms with Gasteiger partial charge in [-0.3, -0.25) is 4.99 Å². The molecule has 3 rings (SSSR count). The fourth-order valence-electron chi connectivity index (χ4n) is 2.70. The molecule has 22 heavy (non-hydrogen) atoms. The van der Waals surface area contributed by atoms with Crippen LogP contribution in [0.5, 0.6) is 11.5 Å². The molecule has 0 aliphatic carbocycles. The van der Waals surface area contributed by atoms with Crippen molar-refractivity contribution in [2.24, 2.45) is 4.99 Å². The summed E-state index contributed by atoms with van der Waals surface area (Å²) in [5.74, 6) is 1.67. The normalized spacial score (nSPS) is 13.8. The predicted octanol–water partition coefficient (Wildman–Crippen LogP) is 5.57. The van der Waals surface area contributed by atoms with E-state index in [0.717, 1.165) is 34.0 Å². The Morgan fingerprint density at radius 1 is 1.00 bits per heavy atom. The van der Waals surface area contributed by atoms with E-state index in [1.165, 1.54) is 5.56 Å². The first-order valence-corrected chi connectivity index (χ1v) is 7.52. The molecular weight excluding hydrogens is 270 g/mol. The van der Waals surface area contributed by atoms with Crippen LogP contribution in [0.1, 0.15) is 44.4 Å². The van der Waals surface area contributed by atoms with Gasteiger partial charge in [0.2, 0.25) is 0 Å². The van der Waals surface area contributed by atoms with E-state index in [1.54, 1.807) is 0 Å². The number of fused-ring (bicyclic) bond motifs is 1. The van der Waals surface area contributed by atoms with Crippen molar-refractivity contribution in [2.45, 2.75) is 33.1 Å². The molecule has 0 saturated heterocycles. The van der Waals surface area contributed by atoms with Crippen molar-refractivity contribution >= 4 is 11.4 Å². The summed E-state index contributed by atoms with van der Waals surface area (Å²) in [5.41, 5.74) is 5.31. The molecule has 2 heteroatoms. The number of hydrogen-bond donors (Lipinski definition) is 0. The SMILES string of the molecule is C=C1N=C(C)c2c(Oc3ccc(C(C)(C)C)cc3)cccc21. The molecule has 0 radical (unpaired) electrons. The van der Waals surface area contributed by atoms with E-state index in [9.17, 15) is 0 Å². The highest BCUT2D eigenvalue weighted by Crippen LogP contribution is 2.36. The second-order valence-corrected chi connectivity index (χ2v) is 6.70. The van der Waals surface area contributed by atoms with E-state index in [0.29, 0.717) is 0 Å². The topological polar surface area (TPSA) is 21.6 Å². The average Bonchev–Trinajstić information content (AvgIpc) is 2.75. The Bertz CT molecular complexity index is 761. The molecule has 0 unspecified atom stereocenters. The van der Waals surface area contributed by atoms with Gasteiger partial charge < -0.3 is 4.74 Å². The standard InChI is InChI=1S/C20H21NO/c1-13-17-7-6-8-18(19(17)14(2)21-13)22-16-11-9-15(10-12-16)20(3,4)5/h6-12H,1H2,2-5H3. The summed E-state index contributed by atoms with van der Waals surface area (Å²) in [6.07, 6.45) is 0. The van der Waals surface area contributed by atoms with Gasteiger partial charge in [0.1, 0.15) is 11.5 Å². The van der Waals surface area contributed by atoms with E-state index in [4.69, 9.17) is 4.74 Å². The Morgan fingerprint density at radius 2 is 1.68 bits per heavy atom. The molecule has 112 valence electrons. The third-order valence-electron chi connectivity index (χ3n) is 3.95. The Balaban J connectivity index is 1.92. The molecule has 1 heterocycles. The summed E-state index contributed by atoms with van der Waals surface area (Å²) >= 11 is 0. The molecular formula is C20H21NO. The average molecular weight is 291 g/mol. The third-order valence-corrected chi connectivity index (χ3v) is 3.95. The Kier molecular flexibility index (Phi) is 3.40. The van der Waals surface area contributed by atoms with Crippen molar-refractivity contribution in [3.8, 4) is 11.5 Å². The first-order valence-electron chi connectivity index (χ1n) is 7.52. The van der Waals surface area contributed by atoms with Crippen LogP contribution in [0, 0.1) is 0 Å². The second kappa shape index (κ2) is 5.13. The monoisotopic (exact) mass is 291 g/mol. The molecule has 0 bridgehead atoms. The molecule has 0 amide bonds. The number of benzene rings is 2. The van der Waals surface area contributed by atoms with Gasteiger partial charge in [-0.15, -0.1) is 0 Å². The molecule has 0 N–H and O–H groups in total. The fraction of sp³-hybridized carbons (Fsp3) is 0.250. The maximum absolute atomic E-state index is 6.09. The maximum atomic E-state index is 6.09. The molecule has 2 aromatic carbocycles. The van der Waals surface area contributed by atoms with Crippen LogP contribution in [0.4, 0.5) is 0 Å². The quantitative estimate of drug-likeness (QED) is 0.708. The smallest absolute Gasteiger partial charge is 0.137 e. The number of hydrogen-bond acceptors (Lipinski definition) is 2. The minimum absolute atomic E-state index is 0.146. The van der Waals surface area contributed by atoms with Crippen LogP contribution >= 0.6 is 0 Å². The van der Waals surface area contributed by atoms with Crippen molar-refractivity contribution in [3.05, 3.63) is 65.7 Å². The minimum Gasteiger partial charge on any atom is -0.457 e. The van der Waals surface area contributed by atoms with Crippen LogP contribution in [-0.4, -0.2) is 5.71 Å². The van der Waals surface area contributed by atoms with Crippen molar-refractivity contribution in [1.29, 1.82) is 0 Å². The molecule has 1 aliphatic rings. The maximum Gasteiger partial charge on any atom is 0.137 e. The summed E-state index contributed by atoms with van der Waals surface area (Å²) in [4.78, 5) is 4.45. The zero-order chi connectivity index (χ0) is 15.9. The molecule has 0 atom stereocenters. The highest BCUT2D eigenvalue weighted by atomic mass is 16.5. The molecule has 0 saturated carbocycles. The number of ether oxygens (including phenoxy) is 1. The van der Waals surface area contributed by atoms with Gasteiger partial charge in [-0.2, -0.15) is 0 Å². The minimum atomic E-state index is 0.146. The Morgan fingerprint density at radius 3 is 2.32 bits per heavy atom. The lowest BCUT2D eigenvalue weighted by Crippen LogP contribution is -2.10. The van der Waals surface area contributed by atoms with Gasteiger partial charge in [-0.1, -0.05) is 51.6 Å². The summed E-state index contributed by atoms with van der Waals surface area (Å²) in [7, 11) is 0. The molecule has 0 spiro atoms. The lowest BCUT2D eigenvalue weighted by molar-refractivity contribution is 0.480. The van der Waals surface area contributed by atoms with Crippen LogP contribution in [0.3, 0.4) is 0 Å². The van der Waals surface area contributed by atoms with E-state index < -0.39 is 0 Å². The molecule has 0 aromatic heterocycles. The van der Waals surface area contributed by atoms with Gasteiger partial charge in [0.05, 0.1) is 5.70 Å². The zero-order valence-electron chi connectivity index (χ0n) is 13.6. The van der Waals surface area contributed by atoms with Gasteiger partial charge in [0.25, 0.3) is 0 Å². The molecule has 0 fully saturated rings. The van der Waals surface area contributed by atoms with Crippen LogP contribution < -0.4 is 4.74 Å². The summed E-state index contributed by atoms with van der Waals surface area (Å²) in [6, 6.07) is 14.3. The summed E-state index contributed by atoms with van der Waals surface area (Å²) in [6.45, 7) is 12.6. The highest BCUT2D eigenvalue weighted by molar-refractivity contribution is 6.11. The van der Waals surface area contributed by atoms with Crippen LogP contribution in [-0.2, 0) is 5.41 Å². The fourth-order valence-corrected chi connectivity index (χ4v) is 2.70. The number of rotatable bonds is 2. The molecule has 1 aliphatic heterocycles. The number of aliphatic imine (C=N–C) groups is 1. The van der Waals surface area contributed by atoms with E-state index in [-0.39, 0.29) is 5.41 Å². The zero-order valence-corrected chi connectivity index (χ0v) is 13.6. The van der Waals surface area contributed by atoms with Gasteiger partial charge in [0.15, 0.2) is 0 Å². The van der Waals surface area contributed by atoms with Crippen LogP contribution in [0.15, 0.2) is 54.0 Å². The van der Waals surface area contributed by atoms with Crippen molar-refractivity contribution in [2.75, 3.05) is 0 Å². The molecule has 2 nitrogen and oxygen atoms in total. The van der Waals surface area contributed by atoms with Gasteiger partial charge >= 0.3 is 0 Å². The van der Waals surface area contributed by atoms with Crippen molar-refractivity contribution < 1.29 is 4.74 Å². The molecule has 2 aromatic rings.